The number of hydrogen-bond donors (Lipinski definition) is 1. The molecule has 2 aromatic heterocycles. The number of benzene rings is 1. The summed E-state index contributed by atoms with van der Waals surface area (Å²) in [5.74, 6) is -0.0764. The van der Waals surface area contributed by atoms with Crippen LogP contribution < -0.4 is 5.32 Å². The highest BCUT2D eigenvalue weighted by atomic mass is 19.4. The number of anilines is 1. The van der Waals surface area contributed by atoms with Gasteiger partial charge in [-0.2, -0.15) is 18.3 Å². The third kappa shape index (κ3) is 3.96. The van der Waals surface area contributed by atoms with Crippen LogP contribution in [0.5, 0.6) is 0 Å². The Morgan fingerprint density at radius 1 is 1.08 bits per heavy atom. The third-order valence-corrected chi connectivity index (χ3v) is 3.61. The summed E-state index contributed by atoms with van der Waals surface area (Å²) in [5, 5.41) is 7.06. The average molecular weight is 347 g/mol. The second-order valence-corrected chi connectivity index (χ2v) is 5.58. The molecule has 5 nitrogen and oxygen atoms in total. The van der Waals surface area contributed by atoms with Gasteiger partial charge in [0.05, 0.1) is 23.6 Å². The number of aromatic nitrogens is 4. The fraction of sp³-hybridized carbons (Fsp3) is 0.235. The van der Waals surface area contributed by atoms with E-state index in [4.69, 9.17) is 0 Å². The van der Waals surface area contributed by atoms with Gasteiger partial charge in [-0.25, -0.2) is 9.97 Å². The Labute approximate surface area is 142 Å². The van der Waals surface area contributed by atoms with Gasteiger partial charge >= 0.3 is 6.18 Å². The number of nitrogens with zero attached hydrogens (tertiary/aromatic N) is 4. The number of halogens is 3. The number of aryl methyl sites for hydroxylation is 2. The minimum Gasteiger partial charge on any atom is -0.349 e. The van der Waals surface area contributed by atoms with Gasteiger partial charge in [-0.1, -0.05) is 30.3 Å². The molecule has 2 heterocycles. The van der Waals surface area contributed by atoms with E-state index in [1.54, 1.807) is 42.1 Å². The van der Waals surface area contributed by atoms with Gasteiger partial charge in [-0.3, -0.25) is 4.68 Å². The Kier molecular flexibility index (Phi) is 4.43. The van der Waals surface area contributed by atoms with Crippen LogP contribution in [0.15, 0.2) is 42.5 Å². The van der Waals surface area contributed by atoms with Crippen molar-refractivity contribution >= 4 is 5.95 Å². The fourth-order valence-electron chi connectivity index (χ4n) is 2.43. The zero-order valence-corrected chi connectivity index (χ0v) is 13.7. The van der Waals surface area contributed by atoms with E-state index in [1.165, 1.54) is 0 Å². The lowest BCUT2D eigenvalue weighted by atomic mass is 10.1. The molecule has 0 atom stereocenters. The molecule has 0 bridgehead atoms. The van der Waals surface area contributed by atoms with E-state index in [9.17, 15) is 13.2 Å². The highest BCUT2D eigenvalue weighted by Gasteiger charge is 2.33. The largest absolute Gasteiger partial charge is 0.433 e. The summed E-state index contributed by atoms with van der Waals surface area (Å²) in [7, 11) is 1.77. The van der Waals surface area contributed by atoms with Gasteiger partial charge in [0.15, 0.2) is 5.69 Å². The maximum Gasteiger partial charge on any atom is 0.433 e. The van der Waals surface area contributed by atoms with Gasteiger partial charge in [0, 0.05) is 12.6 Å². The van der Waals surface area contributed by atoms with Gasteiger partial charge < -0.3 is 5.32 Å². The molecule has 0 saturated carbocycles. The number of hydrogen-bond acceptors (Lipinski definition) is 4. The predicted molar refractivity (Wildman–Crippen MR) is 87.7 cm³/mol. The third-order valence-electron chi connectivity index (χ3n) is 3.61. The lowest BCUT2D eigenvalue weighted by Gasteiger charge is -2.12. The van der Waals surface area contributed by atoms with Crippen molar-refractivity contribution in [3.63, 3.8) is 0 Å². The van der Waals surface area contributed by atoms with Crippen LogP contribution >= 0.6 is 0 Å². The molecule has 1 N–H and O–H groups in total. The second kappa shape index (κ2) is 6.54. The molecular formula is C17H16F3N5. The minimum atomic E-state index is -4.55. The van der Waals surface area contributed by atoms with Crippen molar-refractivity contribution < 1.29 is 13.2 Å². The summed E-state index contributed by atoms with van der Waals surface area (Å²) in [6.07, 6.45) is -4.55. The Bertz CT molecular complexity index is 872. The maximum absolute atomic E-state index is 13.2. The highest BCUT2D eigenvalue weighted by molar-refractivity contribution is 5.60. The Hall–Kier alpha value is -2.90. The molecular weight excluding hydrogens is 331 g/mol. The lowest BCUT2D eigenvalue weighted by molar-refractivity contribution is -0.141. The molecule has 8 heteroatoms. The van der Waals surface area contributed by atoms with Crippen LogP contribution in [-0.4, -0.2) is 19.7 Å². The monoisotopic (exact) mass is 347 g/mol. The summed E-state index contributed by atoms with van der Waals surface area (Å²) in [6, 6.07) is 11.5. The molecule has 0 aliphatic heterocycles. The number of rotatable bonds is 4. The first kappa shape index (κ1) is 16.9. The molecule has 0 fully saturated rings. The fourth-order valence-corrected chi connectivity index (χ4v) is 2.43. The quantitative estimate of drug-likeness (QED) is 0.780. The zero-order valence-electron chi connectivity index (χ0n) is 13.7. The van der Waals surface area contributed by atoms with E-state index < -0.39 is 11.9 Å². The molecule has 130 valence electrons. The number of nitrogens with one attached hydrogen (secondary N) is 1. The van der Waals surface area contributed by atoms with Crippen molar-refractivity contribution in [2.24, 2.45) is 7.05 Å². The van der Waals surface area contributed by atoms with Crippen LogP contribution in [0.2, 0.25) is 0 Å². The van der Waals surface area contributed by atoms with Crippen LogP contribution in [0.4, 0.5) is 19.1 Å². The lowest BCUT2D eigenvalue weighted by Crippen LogP contribution is -2.13. The van der Waals surface area contributed by atoms with E-state index in [1.807, 2.05) is 13.0 Å². The van der Waals surface area contributed by atoms with Crippen molar-refractivity contribution in [3.8, 4) is 11.3 Å². The van der Waals surface area contributed by atoms with E-state index in [0.29, 0.717) is 5.56 Å². The Balaban J connectivity index is 1.94. The summed E-state index contributed by atoms with van der Waals surface area (Å²) in [5.41, 5.74) is 1.47. The summed E-state index contributed by atoms with van der Waals surface area (Å²) in [6.45, 7) is 2.12. The molecule has 3 rings (SSSR count). The molecule has 0 aliphatic rings. The molecule has 0 unspecified atom stereocenters. The van der Waals surface area contributed by atoms with Crippen molar-refractivity contribution in [1.82, 2.24) is 19.7 Å². The zero-order chi connectivity index (χ0) is 18.0. The molecule has 0 amide bonds. The van der Waals surface area contributed by atoms with Gasteiger partial charge in [0.25, 0.3) is 0 Å². The highest BCUT2D eigenvalue weighted by Crippen LogP contribution is 2.31. The van der Waals surface area contributed by atoms with Gasteiger partial charge in [-0.05, 0) is 19.1 Å². The van der Waals surface area contributed by atoms with Crippen LogP contribution in [0, 0.1) is 6.92 Å². The van der Waals surface area contributed by atoms with E-state index in [2.05, 4.69) is 20.4 Å². The van der Waals surface area contributed by atoms with Crippen molar-refractivity contribution in [2.75, 3.05) is 5.32 Å². The average Bonchev–Trinajstić information content (AvgIpc) is 2.90. The summed E-state index contributed by atoms with van der Waals surface area (Å²) >= 11 is 0. The molecule has 25 heavy (non-hydrogen) atoms. The molecule has 0 saturated heterocycles. The van der Waals surface area contributed by atoms with Crippen molar-refractivity contribution in [1.29, 1.82) is 0 Å². The second-order valence-electron chi connectivity index (χ2n) is 5.58. The standard InChI is InChI=1S/C17H16F3N5/c1-11-8-13(25(2)24-11)10-21-16-22-14(12-6-4-3-5-7-12)9-15(23-16)17(18,19)20/h3-9H,10H2,1-2H3,(H,21,22,23). The predicted octanol–water partition coefficient (Wildman–Crippen LogP) is 3.82. The van der Waals surface area contributed by atoms with Gasteiger partial charge in [-0.15, -0.1) is 0 Å². The van der Waals surface area contributed by atoms with Crippen molar-refractivity contribution in [2.45, 2.75) is 19.6 Å². The summed E-state index contributed by atoms with van der Waals surface area (Å²) in [4.78, 5) is 7.82. The molecule has 1 aromatic carbocycles. The van der Waals surface area contributed by atoms with E-state index in [0.717, 1.165) is 17.5 Å². The number of alkyl halides is 3. The summed E-state index contributed by atoms with van der Waals surface area (Å²) < 4.78 is 41.1. The van der Waals surface area contributed by atoms with Gasteiger partial charge in [0.1, 0.15) is 0 Å². The van der Waals surface area contributed by atoms with Crippen LogP contribution in [0.3, 0.4) is 0 Å². The van der Waals surface area contributed by atoms with Crippen LogP contribution in [0.1, 0.15) is 17.1 Å². The molecule has 0 radical (unpaired) electrons. The topological polar surface area (TPSA) is 55.6 Å². The maximum atomic E-state index is 13.2. The van der Waals surface area contributed by atoms with Crippen LogP contribution in [0.25, 0.3) is 11.3 Å². The van der Waals surface area contributed by atoms with E-state index in [-0.39, 0.29) is 18.2 Å². The normalized spacial score (nSPS) is 11.6. The smallest absolute Gasteiger partial charge is 0.349 e. The molecule has 0 aliphatic carbocycles. The minimum absolute atomic E-state index is 0.0764. The molecule has 0 spiro atoms. The first-order valence-corrected chi connectivity index (χ1v) is 7.58. The Morgan fingerprint density at radius 3 is 2.40 bits per heavy atom. The first-order chi connectivity index (χ1) is 11.8. The molecule has 3 aromatic rings. The Morgan fingerprint density at radius 2 is 1.80 bits per heavy atom. The SMILES string of the molecule is Cc1cc(CNc2nc(-c3ccccc3)cc(C(F)(F)F)n2)n(C)n1. The van der Waals surface area contributed by atoms with E-state index >= 15 is 0 Å². The van der Waals surface area contributed by atoms with Crippen LogP contribution in [-0.2, 0) is 19.8 Å². The van der Waals surface area contributed by atoms with Gasteiger partial charge in [0.2, 0.25) is 5.95 Å². The van der Waals surface area contributed by atoms with Crippen molar-refractivity contribution in [3.05, 3.63) is 59.5 Å². The first-order valence-electron chi connectivity index (χ1n) is 7.58.